The van der Waals surface area contributed by atoms with E-state index < -0.39 is 4.92 Å². The van der Waals surface area contributed by atoms with Crippen LogP contribution >= 0.6 is 0 Å². The number of methoxy groups -OCH3 is 1. The first-order valence-electron chi connectivity index (χ1n) is 6.36. The lowest BCUT2D eigenvalue weighted by Crippen LogP contribution is -2.33. The second-order valence-corrected chi connectivity index (χ2v) is 4.62. The zero-order valence-corrected chi connectivity index (χ0v) is 10.9. The van der Waals surface area contributed by atoms with Gasteiger partial charge in [0, 0.05) is 18.5 Å². The second kappa shape index (κ2) is 6.38. The van der Waals surface area contributed by atoms with Gasteiger partial charge < -0.3 is 14.8 Å². The molecule has 1 N–H and O–H groups in total. The average Bonchev–Trinajstić information content (AvgIpc) is 2.45. The molecular formula is C13H18N2O4. The molecule has 1 heterocycles. The molecule has 1 unspecified atom stereocenters. The molecule has 0 aromatic heterocycles. The van der Waals surface area contributed by atoms with Gasteiger partial charge in [0.1, 0.15) is 0 Å². The minimum absolute atomic E-state index is 0.0116. The zero-order chi connectivity index (χ0) is 13.7. The third kappa shape index (κ3) is 3.57. The standard InChI is InChI=1S/C13H18N2O4/c1-18-12-5-4-11(15(16)17)7-13(12)19-9-10-3-2-6-14-8-10/h4-5,7,10,14H,2-3,6,8-9H2,1H3. The molecule has 0 radical (unpaired) electrons. The monoisotopic (exact) mass is 266 g/mol. The summed E-state index contributed by atoms with van der Waals surface area (Å²) in [5.41, 5.74) is 0.0116. The van der Waals surface area contributed by atoms with E-state index >= 15 is 0 Å². The van der Waals surface area contributed by atoms with Gasteiger partial charge in [-0.1, -0.05) is 0 Å². The van der Waals surface area contributed by atoms with E-state index in [2.05, 4.69) is 5.32 Å². The van der Waals surface area contributed by atoms with Crippen molar-refractivity contribution in [3.63, 3.8) is 0 Å². The van der Waals surface area contributed by atoms with Crippen LogP contribution in [0.4, 0.5) is 5.69 Å². The van der Waals surface area contributed by atoms with Gasteiger partial charge in [0.2, 0.25) is 0 Å². The van der Waals surface area contributed by atoms with Gasteiger partial charge in [-0.05, 0) is 25.5 Å². The average molecular weight is 266 g/mol. The smallest absolute Gasteiger partial charge is 0.273 e. The molecule has 6 nitrogen and oxygen atoms in total. The van der Waals surface area contributed by atoms with Crippen molar-refractivity contribution in [2.45, 2.75) is 12.8 Å². The lowest BCUT2D eigenvalue weighted by atomic mass is 10.0. The van der Waals surface area contributed by atoms with Crippen LogP contribution < -0.4 is 14.8 Å². The molecule has 19 heavy (non-hydrogen) atoms. The molecule has 0 aliphatic carbocycles. The molecule has 1 aromatic rings. The van der Waals surface area contributed by atoms with E-state index in [1.807, 2.05) is 0 Å². The van der Waals surface area contributed by atoms with Crippen LogP contribution in [0.2, 0.25) is 0 Å². The van der Waals surface area contributed by atoms with E-state index in [0.29, 0.717) is 24.0 Å². The minimum atomic E-state index is -0.436. The summed E-state index contributed by atoms with van der Waals surface area (Å²) in [6.45, 7) is 2.53. The third-order valence-corrected chi connectivity index (χ3v) is 3.23. The van der Waals surface area contributed by atoms with Crippen LogP contribution in [0, 0.1) is 16.0 Å². The molecule has 1 atom stereocenters. The molecule has 1 aromatic carbocycles. The minimum Gasteiger partial charge on any atom is -0.493 e. The number of nitrogens with zero attached hydrogens (tertiary/aromatic N) is 1. The highest BCUT2D eigenvalue weighted by molar-refractivity contribution is 5.48. The SMILES string of the molecule is COc1ccc([N+](=O)[O-])cc1OCC1CCCNC1. The molecule has 0 bridgehead atoms. The number of piperidine rings is 1. The zero-order valence-electron chi connectivity index (χ0n) is 10.9. The Hall–Kier alpha value is -1.82. The summed E-state index contributed by atoms with van der Waals surface area (Å²) in [7, 11) is 1.52. The molecule has 1 saturated heterocycles. The van der Waals surface area contributed by atoms with Crippen LogP contribution in [0.1, 0.15) is 12.8 Å². The van der Waals surface area contributed by atoms with Crippen molar-refractivity contribution in [2.75, 3.05) is 26.8 Å². The number of benzene rings is 1. The van der Waals surface area contributed by atoms with Gasteiger partial charge in [-0.2, -0.15) is 0 Å². The summed E-state index contributed by atoms with van der Waals surface area (Å²) in [5.74, 6) is 1.40. The second-order valence-electron chi connectivity index (χ2n) is 4.62. The van der Waals surface area contributed by atoms with E-state index in [1.165, 1.54) is 19.2 Å². The van der Waals surface area contributed by atoms with E-state index in [1.54, 1.807) is 6.07 Å². The van der Waals surface area contributed by atoms with Gasteiger partial charge >= 0.3 is 0 Å². The lowest BCUT2D eigenvalue weighted by molar-refractivity contribution is -0.385. The van der Waals surface area contributed by atoms with Crippen LogP contribution in [-0.4, -0.2) is 31.7 Å². The molecule has 6 heteroatoms. The van der Waals surface area contributed by atoms with Crippen molar-refractivity contribution in [1.82, 2.24) is 5.32 Å². The summed E-state index contributed by atoms with van der Waals surface area (Å²) in [5, 5.41) is 14.1. The Labute approximate surface area is 111 Å². The van der Waals surface area contributed by atoms with E-state index in [-0.39, 0.29) is 5.69 Å². The van der Waals surface area contributed by atoms with Gasteiger partial charge in [-0.3, -0.25) is 10.1 Å². The van der Waals surface area contributed by atoms with Gasteiger partial charge in [0.25, 0.3) is 5.69 Å². The first kappa shape index (κ1) is 13.6. The Kier molecular flexibility index (Phi) is 4.57. The highest BCUT2D eigenvalue weighted by atomic mass is 16.6. The Bertz CT molecular complexity index is 444. The lowest BCUT2D eigenvalue weighted by Gasteiger charge is -2.23. The Morgan fingerprint density at radius 2 is 2.32 bits per heavy atom. The number of nitro benzene ring substituents is 1. The number of hydrogen-bond acceptors (Lipinski definition) is 5. The van der Waals surface area contributed by atoms with Crippen molar-refractivity contribution in [2.24, 2.45) is 5.92 Å². The van der Waals surface area contributed by atoms with Crippen molar-refractivity contribution >= 4 is 5.69 Å². The van der Waals surface area contributed by atoms with Crippen LogP contribution in [0.15, 0.2) is 18.2 Å². The van der Waals surface area contributed by atoms with Crippen LogP contribution in [0.5, 0.6) is 11.5 Å². The maximum atomic E-state index is 10.8. The summed E-state index contributed by atoms with van der Waals surface area (Å²) < 4.78 is 10.8. The predicted molar refractivity (Wildman–Crippen MR) is 70.7 cm³/mol. The highest BCUT2D eigenvalue weighted by Crippen LogP contribution is 2.31. The Morgan fingerprint density at radius 1 is 1.47 bits per heavy atom. The summed E-state index contributed by atoms with van der Waals surface area (Å²) in [6, 6.07) is 4.38. The fourth-order valence-electron chi connectivity index (χ4n) is 2.17. The Balaban J connectivity index is 2.04. The van der Waals surface area contributed by atoms with Crippen LogP contribution in [0.25, 0.3) is 0 Å². The molecule has 0 spiro atoms. The van der Waals surface area contributed by atoms with Crippen LogP contribution in [0.3, 0.4) is 0 Å². The van der Waals surface area contributed by atoms with Crippen molar-refractivity contribution in [3.05, 3.63) is 28.3 Å². The largest absolute Gasteiger partial charge is 0.493 e. The molecule has 1 fully saturated rings. The van der Waals surface area contributed by atoms with E-state index in [9.17, 15) is 10.1 Å². The number of ether oxygens (including phenoxy) is 2. The van der Waals surface area contributed by atoms with Crippen LogP contribution in [-0.2, 0) is 0 Å². The fourth-order valence-corrected chi connectivity index (χ4v) is 2.17. The number of nitrogens with one attached hydrogen (secondary N) is 1. The van der Waals surface area contributed by atoms with Gasteiger partial charge in [0.05, 0.1) is 24.7 Å². The van der Waals surface area contributed by atoms with Gasteiger partial charge in [-0.15, -0.1) is 0 Å². The molecule has 2 rings (SSSR count). The number of nitro groups is 1. The molecule has 1 aliphatic heterocycles. The molecule has 104 valence electrons. The number of non-ortho nitro benzene ring substituents is 1. The normalized spacial score (nSPS) is 18.9. The summed E-state index contributed by atoms with van der Waals surface area (Å²) in [6.07, 6.45) is 2.25. The first-order chi connectivity index (χ1) is 9.20. The van der Waals surface area contributed by atoms with Crippen molar-refractivity contribution in [1.29, 1.82) is 0 Å². The molecule has 0 amide bonds. The molecular weight excluding hydrogens is 248 g/mol. The van der Waals surface area contributed by atoms with Gasteiger partial charge in [-0.25, -0.2) is 0 Å². The highest BCUT2D eigenvalue weighted by Gasteiger charge is 2.16. The number of hydrogen-bond donors (Lipinski definition) is 1. The van der Waals surface area contributed by atoms with Gasteiger partial charge in [0.15, 0.2) is 11.5 Å². The maximum absolute atomic E-state index is 10.8. The molecule has 1 aliphatic rings. The van der Waals surface area contributed by atoms with Crippen molar-refractivity contribution in [3.8, 4) is 11.5 Å². The predicted octanol–water partition coefficient (Wildman–Crippen LogP) is 1.98. The topological polar surface area (TPSA) is 73.6 Å². The summed E-state index contributed by atoms with van der Waals surface area (Å²) in [4.78, 5) is 10.3. The third-order valence-electron chi connectivity index (χ3n) is 3.23. The Morgan fingerprint density at radius 3 is 2.95 bits per heavy atom. The van der Waals surface area contributed by atoms with E-state index in [4.69, 9.17) is 9.47 Å². The van der Waals surface area contributed by atoms with Crippen molar-refractivity contribution < 1.29 is 14.4 Å². The molecule has 0 saturated carbocycles. The van der Waals surface area contributed by atoms with E-state index in [0.717, 1.165) is 25.9 Å². The number of rotatable bonds is 5. The maximum Gasteiger partial charge on any atom is 0.273 e. The first-order valence-corrected chi connectivity index (χ1v) is 6.36. The fraction of sp³-hybridized carbons (Fsp3) is 0.538. The quantitative estimate of drug-likeness (QED) is 0.651. The summed E-state index contributed by atoms with van der Waals surface area (Å²) >= 11 is 0.